The first kappa shape index (κ1) is 16.7. The number of amides is 1. The fraction of sp³-hybridized carbons (Fsp3) is 0.176. The van der Waals surface area contributed by atoms with Crippen molar-refractivity contribution in [3.8, 4) is 11.8 Å². The van der Waals surface area contributed by atoms with Crippen molar-refractivity contribution in [1.82, 2.24) is 19.6 Å². The van der Waals surface area contributed by atoms with Crippen LogP contribution >= 0.6 is 11.6 Å². The molecule has 25 heavy (non-hydrogen) atoms. The highest BCUT2D eigenvalue weighted by Crippen LogP contribution is 2.22. The van der Waals surface area contributed by atoms with Crippen LogP contribution in [0.1, 0.15) is 24.2 Å². The maximum atomic E-state index is 12.7. The molecule has 1 amide bonds. The third kappa shape index (κ3) is 3.12. The van der Waals surface area contributed by atoms with Gasteiger partial charge in [-0.3, -0.25) is 9.48 Å². The fourth-order valence-corrected chi connectivity index (χ4v) is 2.57. The third-order valence-corrected chi connectivity index (χ3v) is 4.23. The van der Waals surface area contributed by atoms with Crippen LogP contribution in [0.15, 0.2) is 42.7 Å². The monoisotopic (exact) mass is 354 g/mol. The summed E-state index contributed by atoms with van der Waals surface area (Å²) in [6.45, 7) is 3.50. The number of rotatable bonds is 4. The Hall–Kier alpha value is -3.11. The highest BCUT2D eigenvalue weighted by atomic mass is 35.5. The first-order valence-corrected chi connectivity index (χ1v) is 7.94. The molecular weight excluding hydrogens is 340 g/mol. The van der Waals surface area contributed by atoms with Crippen molar-refractivity contribution in [3.63, 3.8) is 0 Å². The number of para-hydroxylation sites is 1. The lowest BCUT2D eigenvalue weighted by Gasteiger charge is -2.15. The lowest BCUT2D eigenvalue weighted by Crippen LogP contribution is -2.26. The summed E-state index contributed by atoms with van der Waals surface area (Å²) in [5.74, 6) is -0.00139. The number of hydrogen-bond acceptors (Lipinski definition) is 4. The molecule has 1 N–H and O–H groups in total. The molecule has 2 heterocycles. The van der Waals surface area contributed by atoms with Crippen molar-refractivity contribution in [3.05, 3.63) is 59.0 Å². The zero-order valence-electron chi connectivity index (χ0n) is 13.6. The second-order valence-corrected chi connectivity index (χ2v) is 5.86. The average Bonchev–Trinajstić information content (AvgIpc) is 3.18. The van der Waals surface area contributed by atoms with Crippen LogP contribution in [0.4, 0.5) is 5.82 Å². The van der Waals surface area contributed by atoms with Crippen LogP contribution < -0.4 is 5.32 Å². The molecule has 1 aromatic carbocycles. The largest absolute Gasteiger partial charge is 0.308 e. The van der Waals surface area contributed by atoms with Gasteiger partial charge in [0.25, 0.3) is 0 Å². The number of anilines is 1. The smallest absolute Gasteiger partial charge is 0.250 e. The second-order valence-electron chi connectivity index (χ2n) is 5.45. The van der Waals surface area contributed by atoms with E-state index in [0.29, 0.717) is 16.5 Å². The number of nitrogens with one attached hydrogen (secondary N) is 1. The molecule has 1 atom stereocenters. The predicted octanol–water partition coefficient (Wildman–Crippen LogP) is 3.10. The molecular formula is C17H15ClN6O. The number of nitriles is 1. The summed E-state index contributed by atoms with van der Waals surface area (Å²) in [6.07, 6.45) is 2.92. The number of nitrogens with zero attached hydrogens (tertiary/aromatic N) is 5. The fourth-order valence-electron chi connectivity index (χ4n) is 2.44. The van der Waals surface area contributed by atoms with E-state index in [2.05, 4.69) is 15.5 Å². The molecule has 0 aliphatic rings. The second kappa shape index (κ2) is 6.79. The van der Waals surface area contributed by atoms with Crippen LogP contribution in [0.2, 0.25) is 5.02 Å². The van der Waals surface area contributed by atoms with Crippen LogP contribution in [0.5, 0.6) is 0 Å². The summed E-state index contributed by atoms with van der Waals surface area (Å²) in [5.41, 5.74) is 1.71. The normalized spacial score (nSPS) is 11.8. The van der Waals surface area contributed by atoms with E-state index in [1.165, 1.54) is 21.8 Å². The summed E-state index contributed by atoms with van der Waals surface area (Å²) in [7, 11) is 0. The van der Waals surface area contributed by atoms with Gasteiger partial charge in [-0.05, 0) is 26.0 Å². The van der Waals surface area contributed by atoms with Crippen molar-refractivity contribution in [2.24, 2.45) is 0 Å². The Morgan fingerprint density at radius 3 is 2.60 bits per heavy atom. The predicted molar refractivity (Wildman–Crippen MR) is 93.6 cm³/mol. The van der Waals surface area contributed by atoms with Gasteiger partial charge >= 0.3 is 0 Å². The Morgan fingerprint density at radius 2 is 2.00 bits per heavy atom. The standard InChI is InChI=1S/C17H15ClN6O/c1-11-15(18)10-21-23(11)12(2)17(25)22-16-13(8-19)9-20-24(16)14-6-4-3-5-7-14/h3-7,9-10,12H,1-2H3,(H,22,25). The number of carbonyl (C=O) groups is 1. The van der Waals surface area contributed by atoms with Gasteiger partial charge in [-0.2, -0.15) is 15.5 Å². The molecule has 0 spiro atoms. The van der Waals surface area contributed by atoms with Crippen LogP contribution in [-0.2, 0) is 4.79 Å². The zero-order chi connectivity index (χ0) is 18.0. The van der Waals surface area contributed by atoms with Crippen molar-refractivity contribution in [2.45, 2.75) is 19.9 Å². The van der Waals surface area contributed by atoms with Gasteiger partial charge < -0.3 is 5.32 Å². The van der Waals surface area contributed by atoms with E-state index < -0.39 is 6.04 Å². The van der Waals surface area contributed by atoms with E-state index >= 15 is 0 Å². The molecule has 0 saturated carbocycles. The summed E-state index contributed by atoms with van der Waals surface area (Å²) < 4.78 is 3.05. The summed E-state index contributed by atoms with van der Waals surface area (Å²) in [5, 5.41) is 20.9. The molecule has 0 bridgehead atoms. The molecule has 1 unspecified atom stereocenters. The molecule has 2 aromatic heterocycles. The van der Waals surface area contributed by atoms with Crippen LogP contribution in [0.25, 0.3) is 5.69 Å². The van der Waals surface area contributed by atoms with E-state index in [1.54, 1.807) is 13.8 Å². The van der Waals surface area contributed by atoms with Crippen molar-refractivity contribution < 1.29 is 4.79 Å². The van der Waals surface area contributed by atoms with E-state index in [-0.39, 0.29) is 11.5 Å². The van der Waals surface area contributed by atoms with Crippen LogP contribution in [0, 0.1) is 18.3 Å². The molecule has 0 radical (unpaired) electrons. The number of halogens is 1. The SMILES string of the molecule is Cc1c(Cl)cnn1C(C)C(=O)Nc1c(C#N)cnn1-c1ccccc1. The lowest BCUT2D eigenvalue weighted by molar-refractivity contribution is -0.119. The Balaban J connectivity index is 1.92. The Morgan fingerprint density at radius 1 is 1.28 bits per heavy atom. The highest BCUT2D eigenvalue weighted by molar-refractivity contribution is 6.31. The molecule has 8 heteroatoms. The minimum atomic E-state index is -0.599. The quantitative estimate of drug-likeness (QED) is 0.779. The van der Waals surface area contributed by atoms with Gasteiger partial charge in [-0.25, -0.2) is 4.68 Å². The van der Waals surface area contributed by atoms with Gasteiger partial charge in [0.05, 0.1) is 28.8 Å². The van der Waals surface area contributed by atoms with Gasteiger partial charge in [0.2, 0.25) is 5.91 Å². The number of benzene rings is 1. The summed E-state index contributed by atoms with van der Waals surface area (Å²) in [4.78, 5) is 12.7. The summed E-state index contributed by atoms with van der Waals surface area (Å²) >= 11 is 6.00. The average molecular weight is 355 g/mol. The highest BCUT2D eigenvalue weighted by Gasteiger charge is 2.22. The van der Waals surface area contributed by atoms with Gasteiger partial charge in [-0.1, -0.05) is 29.8 Å². The Labute approximate surface area is 149 Å². The Bertz CT molecular complexity index is 953. The van der Waals surface area contributed by atoms with E-state index in [4.69, 9.17) is 11.6 Å². The van der Waals surface area contributed by atoms with Crippen LogP contribution in [0.3, 0.4) is 0 Å². The number of carbonyl (C=O) groups excluding carboxylic acids is 1. The molecule has 0 aliphatic carbocycles. The molecule has 126 valence electrons. The maximum Gasteiger partial charge on any atom is 0.250 e. The topological polar surface area (TPSA) is 88.5 Å². The van der Waals surface area contributed by atoms with Crippen molar-refractivity contribution >= 4 is 23.3 Å². The molecule has 0 saturated heterocycles. The van der Waals surface area contributed by atoms with Crippen molar-refractivity contribution in [2.75, 3.05) is 5.32 Å². The first-order chi connectivity index (χ1) is 12.0. The number of aromatic nitrogens is 4. The van der Waals surface area contributed by atoms with E-state index in [9.17, 15) is 10.1 Å². The minimum Gasteiger partial charge on any atom is -0.308 e. The van der Waals surface area contributed by atoms with Gasteiger partial charge in [0.1, 0.15) is 17.7 Å². The van der Waals surface area contributed by atoms with E-state index in [1.807, 2.05) is 36.4 Å². The molecule has 7 nitrogen and oxygen atoms in total. The lowest BCUT2D eigenvalue weighted by atomic mass is 10.2. The molecule has 0 fully saturated rings. The van der Waals surface area contributed by atoms with Gasteiger partial charge in [-0.15, -0.1) is 0 Å². The first-order valence-electron chi connectivity index (χ1n) is 7.57. The van der Waals surface area contributed by atoms with Crippen LogP contribution in [-0.4, -0.2) is 25.5 Å². The zero-order valence-corrected chi connectivity index (χ0v) is 14.4. The van der Waals surface area contributed by atoms with Gasteiger partial charge in [0, 0.05) is 0 Å². The Kier molecular flexibility index (Phi) is 4.55. The van der Waals surface area contributed by atoms with E-state index in [0.717, 1.165) is 5.69 Å². The summed E-state index contributed by atoms with van der Waals surface area (Å²) in [6, 6.07) is 10.7. The van der Waals surface area contributed by atoms with Crippen molar-refractivity contribution in [1.29, 1.82) is 5.26 Å². The minimum absolute atomic E-state index is 0.277. The maximum absolute atomic E-state index is 12.7. The third-order valence-electron chi connectivity index (χ3n) is 3.86. The molecule has 3 rings (SSSR count). The molecule has 0 aliphatic heterocycles. The number of hydrogen-bond donors (Lipinski definition) is 1. The molecule has 3 aromatic rings. The van der Waals surface area contributed by atoms with Gasteiger partial charge in [0.15, 0.2) is 5.82 Å².